The zero-order chi connectivity index (χ0) is 19.5. The summed E-state index contributed by atoms with van der Waals surface area (Å²) in [6.45, 7) is 3.39. The minimum absolute atomic E-state index is 0.104. The Kier molecular flexibility index (Phi) is 4.77. The number of aromatic nitrogens is 2. The topological polar surface area (TPSA) is 31.1 Å². The van der Waals surface area contributed by atoms with E-state index in [0.717, 1.165) is 60.4 Å². The molecule has 1 aliphatic carbocycles. The van der Waals surface area contributed by atoms with Crippen molar-refractivity contribution in [1.82, 2.24) is 14.5 Å². The summed E-state index contributed by atoms with van der Waals surface area (Å²) in [5.74, 6) is 0.263. The molecule has 7 heteroatoms. The maximum Gasteiger partial charge on any atom is 0.180 e. The standard InChI is InChI=1S/C21H25BrFN3OS/c1-25-18(6-7-24-14-3-2-8-27-11-14)19-16-10-21(16,12-26(19)20(25)28)15-9-13(22)4-5-17(15)23/h4-5,9,14,16,24H,2-3,6-8,10-12H2,1H3/t14-,16?,21-/m1/s1. The summed E-state index contributed by atoms with van der Waals surface area (Å²) in [5, 5.41) is 3.64. The Morgan fingerprint density at radius 1 is 1.43 bits per heavy atom. The van der Waals surface area contributed by atoms with Crippen LogP contribution in [0, 0.1) is 10.6 Å². The summed E-state index contributed by atoms with van der Waals surface area (Å²) in [7, 11) is 2.07. The summed E-state index contributed by atoms with van der Waals surface area (Å²) >= 11 is 9.24. The molecule has 28 heavy (non-hydrogen) atoms. The third-order valence-electron chi connectivity index (χ3n) is 6.77. The predicted octanol–water partition coefficient (Wildman–Crippen LogP) is 4.21. The van der Waals surface area contributed by atoms with Crippen molar-refractivity contribution in [2.24, 2.45) is 7.05 Å². The van der Waals surface area contributed by atoms with Crippen LogP contribution in [0.1, 0.15) is 42.1 Å². The number of nitrogens with one attached hydrogen (secondary N) is 1. The Hall–Kier alpha value is -1.02. The Morgan fingerprint density at radius 2 is 2.29 bits per heavy atom. The zero-order valence-electron chi connectivity index (χ0n) is 16.0. The van der Waals surface area contributed by atoms with Crippen LogP contribution in [0.2, 0.25) is 0 Å². The van der Waals surface area contributed by atoms with E-state index in [1.54, 1.807) is 12.1 Å². The van der Waals surface area contributed by atoms with E-state index in [1.807, 2.05) is 6.07 Å². The molecule has 1 unspecified atom stereocenters. The number of hydrogen-bond acceptors (Lipinski definition) is 3. The molecular formula is C21H25BrFN3OS. The maximum absolute atomic E-state index is 14.6. The van der Waals surface area contributed by atoms with Crippen molar-refractivity contribution in [2.75, 3.05) is 19.8 Å². The largest absolute Gasteiger partial charge is 0.380 e. The van der Waals surface area contributed by atoms with Gasteiger partial charge in [-0.05, 0) is 55.2 Å². The number of nitrogens with zero attached hydrogens (tertiary/aromatic N) is 2. The van der Waals surface area contributed by atoms with Gasteiger partial charge in [0.25, 0.3) is 0 Å². The van der Waals surface area contributed by atoms with Crippen LogP contribution in [0.15, 0.2) is 22.7 Å². The molecule has 0 radical (unpaired) electrons. The van der Waals surface area contributed by atoms with Crippen LogP contribution in [-0.4, -0.2) is 34.9 Å². The lowest BCUT2D eigenvalue weighted by atomic mass is 9.93. The smallest absolute Gasteiger partial charge is 0.180 e. The molecule has 1 saturated heterocycles. The van der Waals surface area contributed by atoms with Crippen molar-refractivity contribution in [3.63, 3.8) is 0 Å². The van der Waals surface area contributed by atoms with E-state index in [9.17, 15) is 4.39 Å². The molecule has 3 atom stereocenters. The first-order valence-corrected chi connectivity index (χ1v) is 11.3. The summed E-state index contributed by atoms with van der Waals surface area (Å²) in [6, 6.07) is 5.75. The van der Waals surface area contributed by atoms with Gasteiger partial charge in [0, 0.05) is 66.4 Å². The predicted molar refractivity (Wildman–Crippen MR) is 113 cm³/mol. The van der Waals surface area contributed by atoms with Crippen molar-refractivity contribution in [3.8, 4) is 0 Å². The van der Waals surface area contributed by atoms with Gasteiger partial charge >= 0.3 is 0 Å². The van der Waals surface area contributed by atoms with Crippen LogP contribution in [0.5, 0.6) is 0 Å². The average molecular weight is 466 g/mol. The van der Waals surface area contributed by atoms with E-state index in [0.29, 0.717) is 12.0 Å². The highest BCUT2D eigenvalue weighted by Gasteiger charge is 2.63. The van der Waals surface area contributed by atoms with Crippen LogP contribution in [0.3, 0.4) is 0 Å². The van der Waals surface area contributed by atoms with Crippen molar-refractivity contribution >= 4 is 28.1 Å². The second-order valence-electron chi connectivity index (χ2n) is 8.41. The van der Waals surface area contributed by atoms with Gasteiger partial charge in [-0.3, -0.25) is 0 Å². The van der Waals surface area contributed by atoms with Gasteiger partial charge in [0.15, 0.2) is 4.77 Å². The number of halogens is 2. The number of imidazole rings is 1. The van der Waals surface area contributed by atoms with Crippen LogP contribution in [0.4, 0.5) is 4.39 Å². The number of hydrogen-bond donors (Lipinski definition) is 1. The first kappa shape index (κ1) is 19.0. The van der Waals surface area contributed by atoms with E-state index in [-0.39, 0.29) is 11.2 Å². The minimum atomic E-state index is -0.121. The molecule has 1 aromatic heterocycles. The van der Waals surface area contributed by atoms with Crippen molar-refractivity contribution in [2.45, 2.75) is 49.6 Å². The Bertz CT molecular complexity index is 981. The van der Waals surface area contributed by atoms with Gasteiger partial charge in [-0.25, -0.2) is 4.39 Å². The highest BCUT2D eigenvalue weighted by molar-refractivity contribution is 9.10. The van der Waals surface area contributed by atoms with E-state index in [1.165, 1.54) is 17.8 Å². The molecule has 1 aromatic carbocycles. The van der Waals surface area contributed by atoms with Crippen molar-refractivity contribution < 1.29 is 9.13 Å². The molecule has 150 valence electrons. The number of rotatable bonds is 5. The molecule has 4 nitrogen and oxygen atoms in total. The summed E-state index contributed by atoms with van der Waals surface area (Å²) < 4.78 is 26.4. The second kappa shape index (κ2) is 7.04. The molecule has 2 aliphatic heterocycles. The lowest BCUT2D eigenvalue weighted by Gasteiger charge is -2.23. The molecule has 2 aromatic rings. The normalized spacial score (nSPS) is 28.2. The molecule has 3 heterocycles. The summed E-state index contributed by atoms with van der Waals surface area (Å²) in [4.78, 5) is 0. The SMILES string of the molecule is Cn1c(CCN[C@@H]2CCCOC2)c2n(c1=S)C[C@@]1(c3cc(Br)ccc3F)CC21. The first-order chi connectivity index (χ1) is 13.5. The fourth-order valence-corrected chi connectivity index (χ4v) is 5.88. The lowest BCUT2D eigenvalue weighted by molar-refractivity contribution is 0.0707. The van der Waals surface area contributed by atoms with Gasteiger partial charge in [-0.1, -0.05) is 15.9 Å². The zero-order valence-corrected chi connectivity index (χ0v) is 18.4. The van der Waals surface area contributed by atoms with Gasteiger partial charge in [0.1, 0.15) is 5.82 Å². The molecule has 0 bridgehead atoms. The number of ether oxygens (including phenoxy) is 1. The van der Waals surface area contributed by atoms with E-state index in [2.05, 4.69) is 37.4 Å². The second-order valence-corrected chi connectivity index (χ2v) is 9.70. The van der Waals surface area contributed by atoms with Crippen LogP contribution in [-0.2, 0) is 30.2 Å². The van der Waals surface area contributed by atoms with Crippen LogP contribution in [0.25, 0.3) is 0 Å². The Labute approximate surface area is 178 Å². The quantitative estimate of drug-likeness (QED) is 0.671. The minimum Gasteiger partial charge on any atom is -0.380 e. The van der Waals surface area contributed by atoms with E-state index >= 15 is 0 Å². The van der Waals surface area contributed by atoms with E-state index in [4.69, 9.17) is 17.0 Å². The van der Waals surface area contributed by atoms with Gasteiger partial charge in [0.05, 0.1) is 6.61 Å². The van der Waals surface area contributed by atoms with Crippen LogP contribution < -0.4 is 5.32 Å². The fourth-order valence-electron chi connectivity index (χ4n) is 5.24. The molecule has 0 amide bonds. The molecular weight excluding hydrogens is 441 g/mol. The highest BCUT2D eigenvalue weighted by atomic mass is 79.9. The molecule has 0 spiro atoms. The molecule has 1 saturated carbocycles. The Balaban J connectivity index is 1.39. The van der Waals surface area contributed by atoms with Gasteiger partial charge in [-0.15, -0.1) is 0 Å². The van der Waals surface area contributed by atoms with Crippen molar-refractivity contribution in [3.05, 3.63) is 50.2 Å². The average Bonchev–Trinajstić information content (AvgIpc) is 3.26. The van der Waals surface area contributed by atoms with E-state index < -0.39 is 0 Å². The van der Waals surface area contributed by atoms with Gasteiger partial charge in [0.2, 0.25) is 0 Å². The monoisotopic (exact) mass is 465 g/mol. The third-order valence-corrected chi connectivity index (χ3v) is 7.76. The highest BCUT2D eigenvalue weighted by Crippen LogP contribution is 2.66. The summed E-state index contributed by atoms with van der Waals surface area (Å²) in [6.07, 6.45) is 4.26. The molecule has 5 rings (SSSR count). The van der Waals surface area contributed by atoms with Crippen LogP contribution >= 0.6 is 28.1 Å². The molecule has 2 fully saturated rings. The van der Waals surface area contributed by atoms with Gasteiger partial charge in [-0.2, -0.15) is 0 Å². The fraction of sp³-hybridized carbons (Fsp3) is 0.571. The maximum atomic E-state index is 14.6. The third kappa shape index (κ3) is 2.93. The molecule has 1 N–H and O–H groups in total. The number of fused-ring (bicyclic) bond motifs is 3. The lowest BCUT2D eigenvalue weighted by Crippen LogP contribution is -2.38. The Morgan fingerprint density at radius 3 is 3.07 bits per heavy atom. The first-order valence-electron chi connectivity index (χ1n) is 10.1. The summed E-state index contributed by atoms with van der Waals surface area (Å²) in [5.41, 5.74) is 3.34. The van der Waals surface area contributed by atoms with Crippen molar-refractivity contribution in [1.29, 1.82) is 0 Å². The van der Waals surface area contributed by atoms with Gasteiger partial charge < -0.3 is 19.2 Å². The molecule has 3 aliphatic rings. The number of benzene rings is 1.